The molecule has 98 valence electrons. The molecule has 0 aromatic rings. The van der Waals surface area contributed by atoms with Crippen molar-refractivity contribution in [1.29, 1.82) is 0 Å². The quantitative estimate of drug-likeness (QED) is 0.759. The van der Waals surface area contributed by atoms with Gasteiger partial charge in [-0.1, -0.05) is 0 Å². The van der Waals surface area contributed by atoms with Crippen molar-refractivity contribution in [2.45, 2.75) is 57.7 Å². The summed E-state index contributed by atoms with van der Waals surface area (Å²) in [5.74, 6) is -2.33. The van der Waals surface area contributed by atoms with Gasteiger partial charge in [0.2, 0.25) is 5.67 Å². The summed E-state index contributed by atoms with van der Waals surface area (Å²) in [6.45, 7) is 5.03. The second-order valence-electron chi connectivity index (χ2n) is 5.58. The molecular formula is C12H19FO4. The van der Waals surface area contributed by atoms with E-state index in [-0.39, 0.29) is 25.7 Å². The van der Waals surface area contributed by atoms with Crippen molar-refractivity contribution in [2.75, 3.05) is 0 Å². The van der Waals surface area contributed by atoms with E-state index in [0.717, 1.165) is 0 Å². The first-order valence-electron chi connectivity index (χ1n) is 5.79. The summed E-state index contributed by atoms with van der Waals surface area (Å²) in [5.41, 5.74) is -2.74. The van der Waals surface area contributed by atoms with Crippen molar-refractivity contribution in [3.05, 3.63) is 0 Å². The zero-order valence-corrected chi connectivity index (χ0v) is 10.5. The van der Waals surface area contributed by atoms with Crippen molar-refractivity contribution >= 4 is 11.9 Å². The maximum absolute atomic E-state index is 14.3. The number of esters is 1. The van der Waals surface area contributed by atoms with Crippen LogP contribution in [0.5, 0.6) is 0 Å². The van der Waals surface area contributed by atoms with Crippen LogP contribution in [0.1, 0.15) is 46.5 Å². The van der Waals surface area contributed by atoms with Crippen LogP contribution in [0.15, 0.2) is 0 Å². The molecule has 0 bridgehead atoms. The fraction of sp³-hybridized carbons (Fsp3) is 0.833. The Bertz CT molecular complexity index is 311. The molecule has 0 aromatic heterocycles. The van der Waals surface area contributed by atoms with E-state index in [0.29, 0.717) is 0 Å². The second kappa shape index (κ2) is 4.63. The number of carbonyl (C=O) groups excluding carboxylic acids is 1. The first kappa shape index (κ1) is 13.9. The molecule has 4 nitrogen and oxygen atoms in total. The molecule has 1 N–H and O–H groups in total. The van der Waals surface area contributed by atoms with Gasteiger partial charge in [-0.2, -0.15) is 0 Å². The van der Waals surface area contributed by atoms with Gasteiger partial charge in [0.1, 0.15) is 5.60 Å². The zero-order chi connectivity index (χ0) is 13.3. The molecule has 17 heavy (non-hydrogen) atoms. The number of hydrogen-bond donors (Lipinski definition) is 1. The van der Waals surface area contributed by atoms with Crippen molar-refractivity contribution in [1.82, 2.24) is 0 Å². The fourth-order valence-corrected chi connectivity index (χ4v) is 1.90. The summed E-state index contributed by atoms with van der Waals surface area (Å²) in [6, 6.07) is 0. The number of hydrogen-bond acceptors (Lipinski definition) is 3. The van der Waals surface area contributed by atoms with E-state index >= 15 is 0 Å². The van der Waals surface area contributed by atoms with Crippen LogP contribution in [-0.4, -0.2) is 28.3 Å². The van der Waals surface area contributed by atoms with E-state index in [1.54, 1.807) is 20.8 Å². The average Bonchev–Trinajstić information content (AvgIpc) is 2.15. The first-order chi connectivity index (χ1) is 7.64. The molecule has 0 atom stereocenters. The van der Waals surface area contributed by atoms with Crippen molar-refractivity contribution in [3.8, 4) is 0 Å². The lowest BCUT2D eigenvalue weighted by Crippen LogP contribution is -2.43. The molecule has 0 amide bonds. The number of carboxylic acids is 1. The predicted molar refractivity (Wildman–Crippen MR) is 59.3 cm³/mol. The molecule has 0 aromatic carbocycles. The number of carboxylic acid groups (broad SMARTS) is 1. The summed E-state index contributed by atoms with van der Waals surface area (Å²) >= 11 is 0. The largest absolute Gasteiger partial charge is 0.481 e. The van der Waals surface area contributed by atoms with E-state index in [9.17, 15) is 14.0 Å². The van der Waals surface area contributed by atoms with Gasteiger partial charge < -0.3 is 9.84 Å². The van der Waals surface area contributed by atoms with Gasteiger partial charge in [0.05, 0.1) is 5.92 Å². The number of ether oxygens (including phenoxy) is 1. The highest BCUT2D eigenvalue weighted by molar-refractivity contribution is 5.80. The Hall–Kier alpha value is -1.13. The van der Waals surface area contributed by atoms with Crippen LogP contribution in [0, 0.1) is 5.92 Å². The molecular weight excluding hydrogens is 227 g/mol. The summed E-state index contributed by atoms with van der Waals surface area (Å²) in [6.07, 6.45) is 0.230. The highest BCUT2D eigenvalue weighted by Crippen LogP contribution is 2.37. The molecule has 0 radical (unpaired) electrons. The lowest BCUT2D eigenvalue weighted by Gasteiger charge is -2.32. The van der Waals surface area contributed by atoms with Gasteiger partial charge in [0.15, 0.2) is 0 Å². The Balaban J connectivity index is 2.60. The van der Waals surface area contributed by atoms with E-state index in [4.69, 9.17) is 9.84 Å². The molecule has 0 spiro atoms. The van der Waals surface area contributed by atoms with Gasteiger partial charge in [-0.05, 0) is 46.5 Å². The second-order valence-corrected chi connectivity index (χ2v) is 5.58. The average molecular weight is 246 g/mol. The molecule has 0 unspecified atom stereocenters. The summed E-state index contributed by atoms with van der Waals surface area (Å²) in [5, 5.41) is 8.79. The first-order valence-corrected chi connectivity index (χ1v) is 5.79. The molecule has 5 heteroatoms. The molecule has 1 aliphatic carbocycles. The van der Waals surface area contributed by atoms with Gasteiger partial charge in [-0.15, -0.1) is 0 Å². The van der Waals surface area contributed by atoms with E-state index < -0.39 is 29.1 Å². The van der Waals surface area contributed by atoms with Crippen LogP contribution in [0.25, 0.3) is 0 Å². The fourth-order valence-electron chi connectivity index (χ4n) is 1.90. The maximum Gasteiger partial charge on any atom is 0.344 e. The Labute approximate surface area is 100 Å². The van der Waals surface area contributed by atoms with Crippen LogP contribution in [-0.2, 0) is 14.3 Å². The Morgan fingerprint density at radius 2 is 1.76 bits per heavy atom. The van der Waals surface area contributed by atoms with Crippen LogP contribution in [0.3, 0.4) is 0 Å². The lowest BCUT2D eigenvalue weighted by atomic mass is 9.80. The summed E-state index contributed by atoms with van der Waals surface area (Å²) < 4.78 is 19.3. The zero-order valence-electron chi connectivity index (χ0n) is 10.5. The van der Waals surface area contributed by atoms with Gasteiger partial charge >= 0.3 is 11.9 Å². The molecule has 0 heterocycles. The van der Waals surface area contributed by atoms with E-state index in [2.05, 4.69) is 0 Å². The Morgan fingerprint density at radius 1 is 1.29 bits per heavy atom. The van der Waals surface area contributed by atoms with Gasteiger partial charge in [0, 0.05) is 0 Å². The van der Waals surface area contributed by atoms with Gasteiger partial charge in [-0.3, -0.25) is 4.79 Å². The number of aliphatic carboxylic acids is 1. The highest BCUT2D eigenvalue weighted by atomic mass is 19.1. The summed E-state index contributed by atoms with van der Waals surface area (Å²) in [7, 11) is 0. The van der Waals surface area contributed by atoms with Crippen LogP contribution >= 0.6 is 0 Å². The smallest absolute Gasteiger partial charge is 0.344 e. The number of alkyl halides is 1. The van der Waals surface area contributed by atoms with E-state index in [1.807, 2.05) is 0 Å². The van der Waals surface area contributed by atoms with Crippen LogP contribution in [0.4, 0.5) is 4.39 Å². The highest BCUT2D eigenvalue weighted by Gasteiger charge is 2.46. The standard InChI is InChI=1S/C12H19FO4/c1-11(2,3)17-10(16)12(13)6-4-8(5-7-12)9(14)15/h8H,4-7H2,1-3H3,(H,14,15)/t8-,12-. The lowest BCUT2D eigenvalue weighted by molar-refractivity contribution is -0.173. The van der Waals surface area contributed by atoms with Crippen molar-refractivity contribution in [2.24, 2.45) is 5.92 Å². The van der Waals surface area contributed by atoms with Gasteiger partial charge in [-0.25, -0.2) is 9.18 Å². The third kappa shape index (κ3) is 3.68. The number of rotatable bonds is 2. The predicted octanol–water partition coefficient (Wildman–Crippen LogP) is 2.31. The molecule has 0 saturated heterocycles. The SMILES string of the molecule is CC(C)(C)OC(=O)[C@]1(F)CC[C@H](C(=O)O)CC1. The van der Waals surface area contributed by atoms with Crippen molar-refractivity contribution < 1.29 is 23.8 Å². The Kier molecular flexibility index (Phi) is 3.79. The maximum atomic E-state index is 14.3. The molecule has 1 saturated carbocycles. The van der Waals surface area contributed by atoms with Crippen molar-refractivity contribution in [3.63, 3.8) is 0 Å². The van der Waals surface area contributed by atoms with Crippen LogP contribution < -0.4 is 0 Å². The third-order valence-electron chi connectivity index (χ3n) is 2.89. The molecule has 1 rings (SSSR count). The number of halogens is 1. The topological polar surface area (TPSA) is 63.6 Å². The molecule has 0 aliphatic heterocycles. The van der Waals surface area contributed by atoms with E-state index in [1.165, 1.54) is 0 Å². The minimum atomic E-state index is -2.01. The van der Waals surface area contributed by atoms with Gasteiger partial charge in [0.25, 0.3) is 0 Å². The molecule has 1 aliphatic rings. The molecule has 1 fully saturated rings. The van der Waals surface area contributed by atoms with Crippen LogP contribution in [0.2, 0.25) is 0 Å². The third-order valence-corrected chi connectivity index (χ3v) is 2.89. The monoisotopic (exact) mass is 246 g/mol. The number of carbonyl (C=O) groups is 2. The normalized spacial score (nSPS) is 29.8. The minimum Gasteiger partial charge on any atom is -0.481 e. The Morgan fingerprint density at radius 3 is 2.12 bits per heavy atom. The minimum absolute atomic E-state index is 0.0706. The summed E-state index contributed by atoms with van der Waals surface area (Å²) in [4.78, 5) is 22.4.